The van der Waals surface area contributed by atoms with Gasteiger partial charge in [-0.15, -0.1) is 10.2 Å². The van der Waals surface area contributed by atoms with E-state index in [1.54, 1.807) is 31.2 Å². The van der Waals surface area contributed by atoms with Gasteiger partial charge in [0.25, 0.3) is 0 Å². The number of amides is 1. The maximum absolute atomic E-state index is 13.1. The number of rotatable bonds is 6. The lowest BCUT2D eigenvalue weighted by molar-refractivity contribution is -0.114. The van der Waals surface area contributed by atoms with Crippen LogP contribution in [0.15, 0.2) is 71.6 Å². The van der Waals surface area contributed by atoms with Crippen LogP contribution in [0.4, 0.5) is 17.2 Å². The van der Waals surface area contributed by atoms with Crippen molar-refractivity contribution in [3.05, 3.63) is 72.3 Å². The van der Waals surface area contributed by atoms with Gasteiger partial charge in [-0.05, 0) is 63.6 Å². The Labute approximate surface area is 211 Å². The second-order valence-corrected chi connectivity index (χ2v) is 11.3. The van der Waals surface area contributed by atoms with Crippen LogP contribution in [0.5, 0.6) is 0 Å². The number of aromatic nitrogens is 2. The molecule has 0 aliphatic rings. The van der Waals surface area contributed by atoms with E-state index in [9.17, 15) is 13.2 Å². The lowest BCUT2D eigenvalue weighted by Crippen LogP contribution is -2.40. The number of hydrogen-bond donors (Lipinski definition) is 3. The molecular weight excluding hydrogens is 474 g/mol. The molecule has 186 valence electrons. The molecule has 8 nitrogen and oxygen atoms in total. The van der Waals surface area contributed by atoms with Crippen LogP contribution in [0.25, 0.3) is 22.0 Å². The Balaban J connectivity index is 1.74. The monoisotopic (exact) mass is 503 g/mol. The van der Waals surface area contributed by atoms with E-state index in [1.165, 1.54) is 6.92 Å². The summed E-state index contributed by atoms with van der Waals surface area (Å²) in [6.07, 6.45) is 0. The molecule has 0 unspecified atom stereocenters. The molecule has 0 bridgehead atoms. The molecule has 0 saturated carbocycles. The van der Waals surface area contributed by atoms with Crippen molar-refractivity contribution in [2.24, 2.45) is 0 Å². The topological polar surface area (TPSA) is 113 Å². The average Bonchev–Trinajstić information content (AvgIpc) is 2.79. The molecule has 0 atom stereocenters. The van der Waals surface area contributed by atoms with Gasteiger partial charge >= 0.3 is 0 Å². The molecule has 4 aromatic rings. The predicted octanol–water partition coefficient (Wildman–Crippen LogP) is 5.38. The van der Waals surface area contributed by atoms with E-state index in [0.29, 0.717) is 28.3 Å². The Morgan fingerprint density at radius 2 is 1.50 bits per heavy atom. The number of benzene rings is 3. The van der Waals surface area contributed by atoms with Crippen LogP contribution in [0.2, 0.25) is 0 Å². The summed E-state index contributed by atoms with van der Waals surface area (Å²) in [6.45, 7) is 8.66. The molecular formula is C27H29N5O3S. The molecule has 3 N–H and O–H groups in total. The summed E-state index contributed by atoms with van der Waals surface area (Å²) < 4.78 is 28.9. The van der Waals surface area contributed by atoms with Crippen molar-refractivity contribution in [3.8, 4) is 11.3 Å². The highest BCUT2D eigenvalue weighted by Crippen LogP contribution is 2.33. The van der Waals surface area contributed by atoms with E-state index in [1.807, 2.05) is 63.2 Å². The normalized spacial score (nSPS) is 11.9. The summed E-state index contributed by atoms with van der Waals surface area (Å²) in [4.78, 5) is 11.5. The Kier molecular flexibility index (Phi) is 6.79. The standard InChI is InChI=1S/C27H29N5O3S/c1-17-10-11-19(16-24(17)36(34,35)32-27(3,4)5)25-22-8-6-7-9-23(22)26(31-30-25)29-21-14-12-20(13-15-21)28-18(2)33/h6-16,32H,1-5H3,(H,28,33)(H,29,31). The lowest BCUT2D eigenvalue weighted by Gasteiger charge is -2.21. The number of hydrogen-bond acceptors (Lipinski definition) is 6. The molecule has 0 spiro atoms. The van der Waals surface area contributed by atoms with Crippen LogP contribution in [0.1, 0.15) is 33.3 Å². The minimum Gasteiger partial charge on any atom is -0.338 e. The van der Waals surface area contributed by atoms with Crippen LogP contribution in [-0.2, 0) is 14.8 Å². The molecule has 1 amide bonds. The summed E-state index contributed by atoms with van der Waals surface area (Å²) in [7, 11) is -3.73. The molecule has 0 aliphatic heterocycles. The molecule has 0 radical (unpaired) electrons. The number of anilines is 3. The maximum atomic E-state index is 13.1. The van der Waals surface area contributed by atoms with Gasteiger partial charge in [-0.2, -0.15) is 0 Å². The number of sulfonamides is 1. The highest BCUT2D eigenvalue weighted by Gasteiger charge is 2.24. The van der Waals surface area contributed by atoms with Crippen molar-refractivity contribution in [1.82, 2.24) is 14.9 Å². The number of fused-ring (bicyclic) bond motifs is 1. The van der Waals surface area contributed by atoms with Gasteiger partial charge in [0.1, 0.15) is 5.69 Å². The van der Waals surface area contributed by atoms with Crippen LogP contribution < -0.4 is 15.4 Å². The van der Waals surface area contributed by atoms with Crippen LogP contribution in [-0.4, -0.2) is 30.1 Å². The van der Waals surface area contributed by atoms with Crippen LogP contribution in [0, 0.1) is 6.92 Å². The second-order valence-electron chi connectivity index (χ2n) is 9.66. The van der Waals surface area contributed by atoms with Crippen molar-refractivity contribution >= 4 is 43.9 Å². The molecule has 4 rings (SSSR count). The fourth-order valence-electron chi connectivity index (χ4n) is 3.88. The summed E-state index contributed by atoms with van der Waals surface area (Å²) in [5, 5.41) is 16.6. The van der Waals surface area contributed by atoms with Gasteiger partial charge in [0.15, 0.2) is 5.82 Å². The number of carbonyl (C=O) groups excluding carboxylic acids is 1. The molecule has 0 saturated heterocycles. The molecule has 3 aromatic carbocycles. The summed E-state index contributed by atoms with van der Waals surface area (Å²) in [5.74, 6) is 0.431. The summed E-state index contributed by atoms with van der Waals surface area (Å²) in [6, 6.07) is 20.3. The first-order valence-corrected chi connectivity index (χ1v) is 13.0. The first kappa shape index (κ1) is 25.3. The maximum Gasteiger partial charge on any atom is 0.241 e. The third-order valence-electron chi connectivity index (χ3n) is 5.35. The van der Waals surface area contributed by atoms with E-state index in [4.69, 9.17) is 0 Å². The zero-order valence-corrected chi connectivity index (χ0v) is 21.7. The number of nitrogens with zero attached hydrogens (tertiary/aromatic N) is 2. The Bertz CT molecular complexity index is 1540. The van der Waals surface area contributed by atoms with E-state index in [-0.39, 0.29) is 10.8 Å². The molecule has 0 fully saturated rings. The van der Waals surface area contributed by atoms with E-state index in [0.717, 1.165) is 16.5 Å². The summed E-state index contributed by atoms with van der Waals surface area (Å²) >= 11 is 0. The van der Waals surface area contributed by atoms with Gasteiger partial charge < -0.3 is 10.6 Å². The highest BCUT2D eigenvalue weighted by atomic mass is 32.2. The third kappa shape index (κ3) is 5.69. The van der Waals surface area contributed by atoms with Crippen molar-refractivity contribution < 1.29 is 13.2 Å². The van der Waals surface area contributed by atoms with Gasteiger partial charge in [-0.25, -0.2) is 13.1 Å². The quantitative estimate of drug-likeness (QED) is 0.325. The van der Waals surface area contributed by atoms with E-state index < -0.39 is 15.6 Å². The zero-order chi connectivity index (χ0) is 26.1. The molecule has 1 heterocycles. The second kappa shape index (κ2) is 9.67. The van der Waals surface area contributed by atoms with E-state index >= 15 is 0 Å². The first-order valence-electron chi connectivity index (χ1n) is 11.5. The molecule has 36 heavy (non-hydrogen) atoms. The van der Waals surface area contributed by atoms with Crippen molar-refractivity contribution in [1.29, 1.82) is 0 Å². The van der Waals surface area contributed by atoms with Crippen LogP contribution in [0.3, 0.4) is 0 Å². The largest absolute Gasteiger partial charge is 0.338 e. The molecule has 0 aliphatic carbocycles. The number of nitrogens with one attached hydrogen (secondary N) is 3. The van der Waals surface area contributed by atoms with Crippen molar-refractivity contribution in [2.45, 2.75) is 45.1 Å². The SMILES string of the molecule is CC(=O)Nc1ccc(Nc2nnc(-c3ccc(C)c(S(=O)(=O)NC(C)(C)C)c3)c3ccccc23)cc1. The lowest BCUT2D eigenvalue weighted by atomic mass is 10.0. The smallest absolute Gasteiger partial charge is 0.241 e. The first-order chi connectivity index (χ1) is 16.9. The van der Waals surface area contributed by atoms with Gasteiger partial charge in [0.2, 0.25) is 15.9 Å². The summed E-state index contributed by atoms with van der Waals surface area (Å²) in [5.41, 5.74) is 2.77. The zero-order valence-electron chi connectivity index (χ0n) is 20.9. The van der Waals surface area contributed by atoms with Crippen molar-refractivity contribution in [2.75, 3.05) is 10.6 Å². The predicted molar refractivity (Wildman–Crippen MR) is 144 cm³/mol. The number of aryl methyl sites for hydroxylation is 1. The Morgan fingerprint density at radius 3 is 2.14 bits per heavy atom. The average molecular weight is 504 g/mol. The van der Waals surface area contributed by atoms with E-state index in [2.05, 4.69) is 25.6 Å². The fourth-order valence-corrected chi connectivity index (χ4v) is 5.57. The van der Waals surface area contributed by atoms with Crippen molar-refractivity contribution in [3.63, 3.8) is 0 Å². The van der Waals surface area contributed by atoms with Gasteiger partial charge in [-0.3, -0.25) is 4.79 Å². The fraction of sp³-hybridized carbons (Fsp3) is 0.222. The highest BCUT2D eigenvalue weighted by molar-refractivity contribution is 7.89. The Morgan fingerprint density at radius 1 is 0.861 bits per heavy atom. The van der Waals surface area contributed by atoms with Gasteiger partial charge in [0.05, 0.1) is 4.90 Å². The molecule has 9 heteroatoms. The third-order valence-corrected chi connectivity index (χ3v) is 7.25. The minimum absolute atomic E-state index is 0.135. The Hall–Kier alpha value is -3.82. The van der Waals surface area contributed by atoms with Gasteiger partial charge in [-0.1, -0.05) is 36.4 Å². The van der Waals surface area contributed by atoms with Gasteiger partial charge in [0, 0.05) is 40.2 Å². The number of carbonyl (C=O) groups is 1. The minimum atomic E-state index is -3.73. The molecule has 1 aromatic heterocycles. The van der Waals surface area contributed by atoms with Crippen LogP contribution >= 0.6 is 0 Å².